The molecule has 0 unspecified atom stereocenters. The van der Waals surface area contributed by atoms with Gasteiger partial charge >= 0.3 is 0 Å². The lowest BCUT2D eigenvalue weighted by Gasteiger charge is -2.21. The summed E-state index contributed by atoms with van der Waals surface area (Å²) in [6.45, 7) is 4.70. The third-order valence-electron chi connectivity index (χ3n) is 13.1. The lowest BCUT2D eigenvalue weighted by atomic mass is 9.82. The summed E-state index contributed by atoms with van der Waals surface area (Å²) in [4.78, 5) is 14.9. The standard InChI is InChI=1S/C60H42N4/c1-60(2)52-29-13-12-25-50(52)55-47(26-16-30-53(55)60)45-35-36-54-51(38-45)49-28-15-27-48(56(49)64(54)46-24-14-23-44(37-46)39-17-6-3-7-18-39)40-31-33-43(34-32-40)59-62-57(41-19-8-4-9-20-41)61-58(63-59)42-21-10-5-11-22-42/h3-38H,1-2H3. The Labute approximate surface area is 372 Å². The lowest BCUT2D eigenvalue weighted by molar-refractivity contribution is 0.660. The van der Waals surface area contributed by atoms with Crippen molar-refractivity contribution in [2.24, 2.45) is 0 Å². The number of fused-ring (bicyclic) bond motifs is 6. The average molecular weight is 819 g/mol. The highest BCUT2D eigenvalue weighted by molar-refractivity contribution is 6.15. The molecule has 0 N–H and O–H groups in total. The van der Waals surface area contributed by atoms with E-state index in [1.165, 1.54) is 55.3 Å². The molecule has 0 saturated carbocycles. The van der Waals surface area contributed by atoms with Gasteiger partial charge in [-0.2, -0.15) is 0 Å². The molecule has 4 heteroatoms. The quantitative estimate of drug-likeness (QED) is 0.161. The van der Waals surface area contributed by atoms with E-state index in [2.05, 4.69) is 176 Å². The molecule has 0 amide bonds. The summed E-state index contributed by atoms with van der Waals surface area (Å²) in [7, 11) is 0. The first-order valence-corrected chi connectivity index (χ1v) is 21.9. The highest BCUT2D eigenvalue weighted by atomic mass is 15.0. The molecule has 302 valence electrons. The number of nitrogens with zero attached hydrogens (tertiary/aromatic N) is 4. The highest BCUT2D eigenvalue weighted by Gasteiger charge is 2.36. The second-order valence-electron chi connectivity index (χ2n) is 17.2. The van der Waals surface area contributed by atoms with Crippen molar-refractivity contribution < 1.29 is 0 Å². The predicted molar refractivity (Wildman–Crippen MR) is 264 cm³/mol. The molecule has 0 bridgehead atoms. The van der Waals surface area contributed by atoms with Crippen molar-refractivity contribution >= 4 is 21.8 Å². The molecule has 0 saturated heterocycles. The molecule has 11 aromatic rings. The van der Waals surface area contributed by atoms with Gasteiger partial charge in [0.05, 0.1) is 11.0 Å². The van der Waals surface area contributed by atoms with Crippen molar-refractivity contribution in [3.8, 4) is 84.4 Å². The van der Waals surface area contributed by atoms with Crippen molar-refractivity contribution in [1.82, 2.24) is 19.5 Å². The zero-order valence-electron chi connectivity index (χ0n) is 35.6. The van der Waals surface area contributed by atoms with Crippen LogP contribution in [-0.2, 0) is 5.41 Å². The number of para-hydroxylation sites is 1. The SMILES string of the molecule is CC1(C)c2ccccc2-c2c(-c3ccc4c(c3)c3cccc(-c5ccc(-c6nc(-c7ccccc7)nc(-c7ccccc7)n6)cc5)c3n4-c3cccc(-c4ccccc4)c3)cccc21. The van der Waals surface area contributed by atoms with Gasteiger partial charge in [-0.05, 0) is 74.3 Å². The topological polar surface area (TPSA) is 43.6 Å². The molecular formula is C60H42N4. The minimum absolute atomic E-state index is 0.0752. The Morgan fingerprint density at radius 3 is 1.53 bits per heavy atom. The van der Waals surface area contributed by atoms with Crippen LogP contribution in [0.15, 0.2) is 218 Å². The minimum atomic E-state index is -0.0752. The van der Waals surface area contributed by atoms with Gasteiger partial charge in [-0.25, -0.2) is 15.0 Å². The molecule has 0 aliphatic heterocycles. The van der Waals surface area contributed by atoms with Crippen LogP contribution in [0.5, 0.6) is 0 Å². The van der Waals surface area contributed by atoms with Crippen LogP contribution in [0.1, 0.15) is 25.0 Å². The molecule has 12 rings (SSSR count). The molecule has 9 aromatic carbocycles. The maximum absolute atomic E-state index is 5.02. The van der Waals surface area contributed by atoms with Gasteiger partial charge < -0.3 is 4.57 Å². The van der Waals surface area contributed by atoms with E-state index in [1.54, 1.807) is 0 Å². The van der Waals surface area contributed by atoms with Gasteiger partial charge in [-0.3, -0.25) is 0 Å². The van der Waals surface area contributed by atoms with Crippen LogP contribution in [0.4, 0.5) is 0 Å². The summed E-state index contributed by atoms with van der Waals surface area (Å²) in [5.41, 5.74) is 18.7. The Morgan fingerprint density at radius 1 is 0.344 bits per heavy atom. The number of hydrogen-bond acceptors (Lipinski definition) is 3. The first kappa shape index (κ1) is 37.5. The van der Waals surface area contributed by atoms with Crippen molar-refractivity contribution in [2.45, 2.75) is 19.3 Å². The maximum atomic E-state index is 5.02. The van der Waals surface area contributed by atoms with Crippen LogP contribution in [-0.4, -0.2) is 19.5 Å². The van der Waals surface area contributed by atoms with Crippen molar-refractivity contribution in [3.05, 3.63) is 230 Å². The van der Waals surface area contributed by atoms with Crippen LogP contribution in [0.2, 0.25) is 0 Å². The third kappa shape index (κ3) is 6.18. The first-order valence-electron chi connectivity index (χ1n) is 21.9. The van der Waals surface area contributed by atoms with Crippen LogP contribution in [0.3, 0.4) is 0 Å². The summed E-state index contributed by atoms with van der Waals surface area (Å²) in [5, 5.41) is 2.42. The first-order chi connectivity index (χ1) is 31.5. The van der Waals surface area contributed by atoms with Crippen molar-refractivity contribution in [1.29, 1.82) is 0 Å². The van der Waals surface area contributed by atoms with Gasteiger partial charge in [0.15, 0.2) is 17.5 Å². The Kier molecular flexibility index (Phi) is 8.80. The molecule has 0 spiro atoms. The molecular weight excluding hydrogens is 777 g/mol. The summed E-state index contributed by atoms with van der Waals surface area (Å²) < 4.78 is 2.46. The predicted octanol–water partition coefficient (Wildman–Crippen LogP) is 15.3. The van der Waals surface area contributed by atoms with E-state index in [1.807, 2.05) is 60.7 Å². The fourth-order valence-corrected chi connectivity index (χ4v) is 9.92. The van der Waals surface area contributed by atoms with E-state index < -0.39 is 0 Å². The Bertz CT molecular complexity index is 3490. The average Bonchev–Trinajstić information content (AvgIpc) is 3.83. The second kappa shape index (κ2) is 15.0. The van der Waals surface area contributed by atoms with Gasteiger partial charge in [0.25, 0.3) is 0 Å². The van der Waals surface area contributed by atoms with E-state index >= 15 is 0 Å². The lowest BCUT2D eigenvalue weighted by Crippen LogP contribution is -2.14. The van der Waals surface area contributed by atoms with Gasteiger partial charge in [0.1, 0.15) is 0 Å². The fourth-order valence-electron chi connectivity index (χ4n) is 9.92. The van der Waals surface area contributed by atoms with Crippen LogP contribution >= 0.6 is 0 Å². The number of hydrogen-bond donors (Lipinski definition) is 0. The van der Waals surface area contributed by atoms with Crippen molar-refractivity contribution in [2.75, 3.05) is 0 Å². The number of rotatable bonds is 7. The number of benzene rings is 9. The Morgan fingerprint density at radius 2 is 0.844 bits per heavy atom. The molecule has 0 atom stereocenters. The van der Waals surface area contributed by atoms with E-state index in [0.29, 0.717) is 17.5 Å². The maximum Gasteiger partial charge on any atom is 0.164 e. The summed E-state index contributed by atoms with van der Waals surface area (Å²) >= 11 is 0. The van der Waals surface area contributed by atoms with E-state index in [4.69, 9.17) is 15.0 Å². The van der Waals surface area contributed by atoms with Gasteiger partial charge in [-0.15, -0.1) is 0 Å². The van der Waals surface area contributed by atoms with E-state index in [-0.39, 0.29) is 5.41 Å². The van der Waals surface area contributed by atoms with Gasteiger partial charge in [-0.1, -0.05) is 208 Å². The summed E-state index contributed by atoms with van der Waals surface area (Å²) in [6.07, 6.45) is 0. The summed E-state index contributed by atoms with van der Waals surface area (Å²) in [5.74, 6) is 1.93. The van der Waals surface area contributed by atoms with E-state index in [0.717, 1.165) is 44.5 Å². The molecule has 1 aliphatic rings. The Balaban J connectivity index is 1.04. The minimum Gasteiger partial charge on any atom is -0.309 e. The molecule has 4 nitrogen and oxygen atoms in total. The monoisotopic (exact) mass is 818 g/mol. The molecule has 64 heavy (non-hydrogen) atoms. The largest absolute Gasteiger partial charge is 0.309 e. The molecule has 1 aliphatic carbocycles. The summed E-state index contributed by atoms with van der Waals surface area (Å²) in [6, 6.07) is 78.1. The van der Waals surface area contributed by atoms with Crippen LogP contribution in [0.25, 0.3) is 106 Å². The van der Waals surface area contributed by atoms with Crippen molar-refractivity contribution in [3.63, 3.8) is 0 Å². The van der Waals surface area contributed by atoms with Gasteiger partial charge in [0.2, 0.25) is 0 Å². The van der Waals surface area contributed by atoms with E-state index in [9.17, 15) is 0 Å². The fraction of sp³-hybridized carbons (Fsp3) is 0.0500. The zero-order chi connectivity index (χ0) is 42.8. The normalized spacial score (nSPS) is 12.7. The molecule has 0 fully saturated rings. The van der Waals surface area contributed by atoms with Crippen LogP contribution < -0.4 is 0 Å². The zero-order valence-corrected chi connectivity index (χ0v) is 35.6. The third-order valence-corrected chi connectivity index (χ3v) is 13.1. The van der Waals surface area contributed by atoms with Gasteiger partial charge in [0, 0.05) is 44.1 Å². The Hall–Kier alpha value is -8.21. The molecule has 2 heterocycles. The molecule has 2 aromatic heterocycles. The smallest absolute Gasteiger partial charge is 0.164 e. The number of aromatic nitrogens is 4. The molecule has 0 radical (unpaired) electrons. The van der Waals surface area contributed by atoms with Crippen LogP contribution in [0, 0.1) is 0 Å². The highest BCUT2D eigenvalue weighted by Crippen LogP contribution is 2.52. The second-order valence-corrected chi connectivity index (χ2v) is 17.2.